The fourth-order valence-electron chi connectivity index (χ4n) is 4.43. The van der Waals surface area contributed by atoms with Crippen molar-refractivity contribution in [3.8, 4) is 0 Å². The van der Waals surface area contributed by atoms with E-state index in [0.29, 0.717) is 28.5 Å². The molecule has 1 amide bonds. The van der Waals surface area contributed by atoms with E-state index in [9.17, 15) is 19.2 Å². The molecular formula is C28H35ClN2O5S. The number of nitrogens with zero attached hydrogens (tertiary/aromatic N) is 1. The number of nitrogens with one attached hydrogen (secondary N) is 1. The van der Waals surface area contributed by atoms with Crippen molar-refractivity contribution in [3.63, 3.8) is 0 Å². The maximum atomic E-state index is 13.3. The van der Waals surface area contributed by atoms with Crippen LogP contribution in [0.25, 0.3) is 0 Å². The second kappa shape index (κ2) is 14.4. The molecule has 1 N–H and O–H groups in total. The number of rotatable bonds is 13. The average molecular weight is 547 g/mol. The summed E-state index contributed by atoms with van der Waals surface area (Å²) in [6.07, 6.45) is 4.29. The number of carbonyl (C=O) groups is 4. The van der Waals surface area contributed by atoms with Crippen LogP contribution in [-0.2, 0) is 38.4 Å². The number of ether oxygens (including phenoxy) is 1. The lowest BCUT2D eigenvalue weighted by molar-refractivity contribution is -0.140. The fraction of sp³-hybridized carbons (Fsp3) is 0.500. The monoisotopic (exact) mass is 546 g/mol. The molecule has 9 heteroatoms. The Labute approximate surface area is 227 Å². The Hall–Kier alpha value is -2.55. The number of unbranched alkanes of at least 4 members (excludes halogenated alkanes) is 1. The molecule has 0 saturated heterocycles. The predicted octanol–water partition coefficient (Wildman–Crippen LogP) is 4.42. The zero-order chi connectivity index (χ0) is 26.8. The van der Waals surface area contributed by atoms with Crippen molar-refractivity contribution in [2.24, 2.45) is 0 Å². The van der Waals surface area contributed by atoms with Crippen molar-refractivity contribution < 1.29 is 23.9 Å². The highest BCUT2D eigenvalue weighted by molar-refractivity contribution is 7.18. The van der Waals surface area contributed by atoms with E-state index in [2.05, 4.69) is 34.1 Å². The zero-order valence-electron chi connectivity index (χ0n) is 21.5. The van der Waals surface area contributed by atoms with Gasteiger partial charge in [-0.1, -0.05) is 29.8 Å². The molecule has 3 rings (SSSR count). The second-order valence-corrected chi connectivity index (χ2v) is 11.3. The first-order chi connectivity index (χ1) is 17.7. The number of thiophene rings is 1. The number of methoxy groups -OCH3 is 1. The molecule has 7 nitrogen and oxygen atoms in total. The summed E-state index contributed by atoms with van der Waals surface area (Å²) in [4.78, 5) is 52.6. The zero-order valence-corrected chi connectivity index (χ0v) is 23.1. The molecule has 1 aliphatic heterocycles. The number of ketones is 2. The highest BCUT2D eigenvalue weighted by Gasteiger charge is 2.24. The minimum Gasteiger partial charge on any atom is -0.469 e. The Bertz CT molecular complexity index is 1120. The number of carbonyl (C=O) groups excluding carboxylic acids is 4. The third-order valence-corrected chi connectivity index (χ3v) is 7.92. The van der Waals surface area contributed by atoms with Crippen LogP contribution in [0.4, 0.5) is 0 Å². The standard InChI is InChI=1S/C28H35ClN2O5S/c1-31-15-13-20-8-7-19(17-21(20)14-16-31)18-24(33)23(30-28(35)25-11-12-26(29)37-25)10-9-22(32)5-3-4-6-27(34)36-2/h7-8,11-12,17,23H,3-6,9-10,13-16,18H2,1-2H3,(H,30,35)/t23-/m1/s1. The molecule has 1 aromatic heterocycles. The number of Topliss-reactive ketones (excluding diaryl/α,β-unsaturated/α-hetero) is 2. The van der Waals surface area contributed by atoms with Gasteiger partial charge in [0.1, 0.15) is 5.78 Å². The normalized spacial score (nSPS) is 14.4. The van der Waals surface area contributed by atoms with Gasteiger partial charge in [-0.05, 0) is 68.0 Å². The van der Waals surface area contributed by atoms with Crippen molar-refractivity contribution in [1.82, 2.24) is 10.2 Å². The summed E-state index contributed by atoms with van der Waals surface area (Å²) in [5.74, 6) is -0.782. The molecular weight excluding hydrogens is 512 g/mol. The Morgan fingerprint density at radius 1 is 1.03 bits per heavy atom. The van der Waals surface area contributed by atoms with Gasteiger partial charge in [0.15, 0.2) is 5.78 Å². The van der Waals surface area contributed by atoms with Gasteiger partial charge in [0.25, 0.3) is 5.91 Å². The van der Waals surface area contributed by atoms with Gasteiger partial charge in [0.05, 0.1) is 22.4 Å². The van der Waals surface area contributed by atoms with E-state index in [1.165, 1.54) is 18.2 Å². The van der Waals surface area contributed by atoms with Crippen LogP contribution in [0.1, 0.15) is 64.9 Å². The molecule has 0 spiro atoms. The Kier molecular flexibility index (Phi) is 11.3. The molecule has 0 bridgehead atoms. The molecule has 2 aromatic rings. The Morgan fingerprint density at radius 2 is 1.76 bits per heavy atom. The van der Waals surface area contributed by atoms with E-state index in [1.54, 1.807) is 12.1 Å². The molecule has 1 aliphatic rings. The van der Waals surface area contributed by atoms with Gasteiger partial charge < -0.3 is 15.0 Å². The fourth-order valence-corrected chi connectivity index (χ4v) is 5.37. The van der Waals surface area contributed by atoms with E-state index < -0.39 is 6.04 Å². The highest BCUT2D eigenvalue weighted by Crippen LogP contribution is 2.22. The molecule has 0 radical (unpaired) electrons. The number of likely N-dealkylation sites (N-methyl/N-ethyl adjacent to an activating group) is 1. The van der Waals surface area contributed by atoms with Crippen molar-refractivity contribution in [2.45, 2.75) is 63.8 Å². The van der Waals surface area contributed by atoms with Crippen LogP contribution >= 0.6 is 22.9 Å². The van der Waals surface area contributed by atoms with Crippen LogP contribution in [0, 0.1) is 0 Å². The third kappa shape index (κ3) is 9.36. The lowest BCUT2D eigenvalue weighted by Crippen LogP contribution is -2.41. The van der Waals surface area contributed by atoms with Gasteiger partial charge >= 0.3 is 5.97 Å². The number of halogens is 1. The van der Waals surface area contributed by atoms with E-state index >= 15 is 0 Å². The number of esters is 1. The summed E-state index contributed by atoms with van der Waals surface area (Å²) in [6, 6.07) is 8.69. The second-order valence-electron chi connectivity index (χ2n) is 9.54. The van der Waals surface area contributed by atoms with E-state index in [0.717, 1.165) is 42.8 Å². The topological polar surface area (TPSA) is 92.8 Å². The maximum absolute atomic E-state index is 13.3. The quantitative estimate of drug-likeness (QED) is 0.295. The van der Waals surface area contributed by atoms with E-state index in [-0.39, 0.29) is 49.1 Å². The van der Waals surface area contributed by atoms with E-state index in [4.69, 9.17) is 11.6 Å². The van der Waals surface area contributed by atoms with Crippen LogP contribution in [0.2, 0.25) is 4.34 Å². The smallest absolute Gasteiger partial charge is 0.305 e. The number of benzene rings is 1. The lowest BCUT2D eigenvalue weighted by Gasteiger charge is -2.18. The molecule has 1 atom stereocenters. The first-order valence-corrected chi connectivity index (χ1v) is 13.9. The van der Waals surface area contributed by atoms with Gasteiger partial charge in [0, 0.05) is 38.8 Å². The summed E-state index contributed by atoms with van der Waals surface area (Å²) in [5.41, 5.74) is 3.50. The highest BCUT2D eigenvalue weighted by atomic mass is 35.5. The van der Waals surface area contributed by atoms with Gasteiger partial charge in [-0.25, -0.2) is 0 Å². The van der Waals surface area contributed by atoms with Crippen LogP contribution in [-0.4, -0.2) is 61.6 Å². The minimum absolute atomic E-state index is 0.00485. The number of amides is 1. The Balaban J connectivity index is 1.62. The van der Waals surface area contributed by atoms with Crippen molar-refractivity contribution in [3.05, 3.63) is 56.2 Å². The maximum Gasteiger partial charge on any atom is 0.305 e. The van der Waals surface area contributed by atoms with Gasteiger partial charge in [-0.2, -0.15) is 0 Å². The molecule has 0 fully saturated rings. The molecule has 37 heavy (non-hydrogen) atoms. The summed E-state index contributed by atoms with van der Waals surface area (Å²) in [6.45, 7) is 2.00. The molecule has 200 valence electrons. The average Bonchev–Trinajstić information content (AvgIpc) is 3.24. The SMILES string of the molecule is COC(=O)CCCCC(=O)CC[C@@H](NC(=O)c1ccc(Cl)s1)C(=O)Cc1ccc2c(c1)CCN(C)CC2. The van der Waals surface area contributed by atoms with Gasteiger partial charge in [-0.3, -0.25) is 19.2 Å². The van der Waals surface area contributed by atoms with E-state index in [1.807, 2.05) is 6.07 Å². The van der Waals surface area contributed by atoms with Crippen LogP contribution in [0.5, 0.6) is 0 Å². The number of hydrogen-bond donors (Lipinski definition) is 1. The third-order valence-electron chi connectivity index (χ3n) is 6.69. The van der Waals surface area contributed by atoms with Crippen LogP contribution in [0.3, 0.4) is 0 Å². The van der Waals surface area contributed by atoms with Crippen molar-refractivity contribution in [2.75, 3.05) is 27.2 Å². The van der Waals surface area contributed by atoms with Crippen LogP contribution < -0.4 is 5.32 Å². The van der Waals surface area contributed by atoms with Gasteiger partial charge in [0.2, 0.25) is 0 Å². The molecule has 1 aromatic carbocycles. The van der Waals surface area contributed by atoms with Crippen LogP contribution in [0.15, 0.2) is 30.3 Å². The summed E-state index contributed by atoms with van der Waals surface area (Å²) >= 11 is 7.12. The van der Waals surface area contributed by atoms with Crippen molar-refractivity contribution in [1.29, 1.82) is 0 Å². The first kappa shape index (κ1) is 29.0. The Morgan fingerprint density at radius 3 is 2.46 bits per heavy atom. The summed E-state index contributed by atoms with van der Waals surface area (Å²) in [5, 5.41) is 2.83. The molecule has 0 aliphatic carbocycles. The minimum atomic E-state index is -0.780. The number of hydrogen-bond acceptors (Lipinski definition) is 7. The number of fused-ring (bicyclic) bond motifs is 1. The summed E-state index contributed by atoms with van der Waals surface area (Å²) < 4.78 is 5.11. The first-order valence-electron chi connectivity index (χ1n) is 12.7. The molecule has 2 heterocycles. The van der Waals surface area contributed by atoms with Gasteiger partial charge in [-0.15, -0.1) is 11.3 Å². The lowest BCUT2D eigenvalue weighted by atomic mass is 9.94. The molecule has 0 saturated carbocycles. The summed E-state index contributed by atoms with van der Waals surface area (Å²) in [7, 11) is 3.46. The molecule has 0 unspecified atom stereocenters. The largest absolute Gasteiger partial charge is 0.469 e. The van der Waals surface area contributed by atoms with Crippen molar-refractivity contribution >= 4 is 46.4 Å². The predicted molar refractivity (Wildman–Crippen MR) is 145 cm³/mol.